The van der Waals surface area contributed by atoms with Gasteiger partial charge in [0, 0.05) is 20.1 Å². The van der Waals surface area contributed by atoms with Crippen LogP contribution in [0.1, 0.15) is 5.82 Å². The summed E-state index contributed by atoms with van der Waals surface area (Å²) in [6, 6.07) is 7.92. The second-order valence-electron chi connectivity index (χ2n) is 4.86. The van der Waals surface area contributed by atoms with E-state index >= 15 is 0 Å². The van der Waals surface area contributed by atoms with E-state index in [1.54, 1.807) is 0 Å². The van der Waals surface area contributed by atoms with Crippen LogP contribution < -0.4 is 10.6 Å². The smallest absolute Gasteiger partial charge is 0.250 e. The van der Waals surface area contributed by atoms with Crippen LogP contribution in [0.25, 0.3) is 11.0 Å². The zero-order valence-electron chi connectivity index (χ0n) is 11.4. The second kappa shape index (κ2) is 5.60. The van der Waals surface area contributed by atoms with Gasteiger partial charge in [0.2, 0.25) is 0 Å². The van der Waals surface area contributed by atoms with Gasteiger partial charge in [0.15, 0.2) is 0 Å². The average molecular weight is 274 g/mol. The van der Waals surface area contributed by atoms with Crippen molar-refractivity contribution in [3.05, 3.63) is 30.1 Å². The van der Waals surface area contributed by atoms with Gasteiger partial charge in [0.25, 0.3) is 5.91 Å². The molecule has 20 heavy (non-hydrogen) atoms. The van der Waals surface area contributed by atoms with Gasteiger partial charge in [-0.1, -0.05) is 12.1 Å². The first-order valence-corrected chi connectivity index (χ1v) is 6.76. The van der Waals surface area contributed by atoms with E-state index in [2.05, 4.69) is 15.6 Å². The van der Waals surface area contributed by atoms with Gasteiger partial charge in [-0.05, 0) is 12.1 Å². The molecule has 1 atom stereocenters. The minimum Gasteiger partial charge on any atom is -0.366 e. The maximum Gasteiger partial charge on any atom is 0.250 e. The second-order valence-corrected chi connectivity index (χ2v) is 4.86. The van der Waals surface area contributed by atoms with Crippen LogP contribution in [-0.2, 0) is 23.1 Å². The fourth-order valence-electron chi connectivity index (χ4n) is 2.37. The van der Waals surface area contributed by atoms with Crippen LogP contribution in [0.3, 0.4) is 0 Å². The van der Waals surface area contributed by atoms with Gasteiger partial charge in [-0.3, -0.25) is 4.79 Å². The van der Waals surface area contributed by atoms with E-state index in [1.807, 2.05) is 35.9 Å². The number of carbonyl (C=O) groups excluding carboxylic acids is 1. The number of fused-ring (bicyclic) bond motifs is 1. The molecule has 1 saturated heterocycles. The van der Waals surface area contributed by atoms with Gasteiger partial charge in [0.05, 0.1) is 24.2 Å². The highest BCUT2D eigenvalue weighted by atomic mass is 16.5. The molecule has 0 radical (unpaired) electrons. The number of hydrogen-bond donors (Lipinski definition) is 2. The van der Waals surface area contributed by atoms with Crippen LogP contribution in [0.5, 0.6) is 0 Å². The van der Waals surface area contributed by atoms with Crippen molar-refractivity contribution in [1.82, 2.24) is 20.2 Å². The van der Waals surface area contributed by atoms with E-state index in [9.17, 15) is 4.79 Å². The molecule has 2 N–H and O–H groups in total. The lowest BCUT2D eigenvalue weighted by molar-refractivity contribution is -0.134. The number of para-hydroxylation sites is 2. The maximum absolute atomic E-state index is 12.0. The van der Waals surface area contributed by atoms with E-state index in [4.69, 9.17) is 4.74 Å². The quantitative estimate of drug-likeness (QED) is 0.837. The maximum atomic E-state index is 12.0. The third-order valence-electron chi connectivity index (χ3n) is 3.52. The number of nitrogens with zero attached hydrogens (tertiary/aromatic N) is 2. The largest absolute Gasteiger partial charge is 0.366 e. The molecule has 0 bridgehead atoms. The summed E-state index contributed by atoms with van der Waals surface area (Å²) in [7, 11) is 1.95. The van der Waals surface area contributed by atoms with Gasteiger partial charge in [0.1, 0.15) is 11.9 Å². The average Bonchev–Trinajstić information content (AvgIpc) is 2.83. The van der Waals surface area contributed by atoms with Gasteiger partial charge in [-0.15, -0.1) is 0 Å². The van der Waals surface area contributed by atoms with Crippen molar-refractivity contribution in [2.24, 2.45) is 7.05 Å². The lowest BCUT2D eigenvalue weighted by Crippen LogP contribution is -2.47. The molecule has 1 aromatic carbocycles. The first-order chi connectivity index (χ1) is 9.75. The molecular weight excluding hydrogens is 256 g/mol. The Morgan fingerprint density at radius 2 is 2.40 bits per heavy atom. The van der Waals surface area contributed by atoms with Gasteiger partial charge in [-0.25, -0.2) is 4.98 Å². The Labute approximate surface area is 117 Å². The number of hydrogen-bond acceptors (Lipinski definition) is 4. The minimum atomic E-state index is -0.404. The van der Waals surface area contributed by atoms with Gasteiger partial charge >= 0.3 is 0 Å². The predicted octanol–water partition coefficient (Wildman–Crippen LogP) is 0.178. The predicted molar refractivity (Wildman–Crippen MR) is 75.2 cm³/mol. The first-order valence-electron chi connectivity index (χ1n) is 6.76. The van der Waals surface area contributed by atoms with Crippen molar-refractivity contribution in [3.63, 3.8) is 0 Å². The number of amides is 1. The standard InChI is InChI=1S/C14H18N4O2/c1-18-11-5-3-2-4-10(11)17-13(18)9-16-14(19)12-8-15-6-7-20-12/h2-5,12,15H,6-9H2,1H3,(H,16,19)/t12-/m1/s1. The molecule has 2 heterocycles. The molecule has 0 spiro atoms. The van der Waals surface area contributed by atoms with Crippen LogP contribution in [0.2, 0.25) is 0 Å². The Morgan fingerprint density at radius 3 is 3.15 bits per heavy atom. The highest BCUT2D eigenvalue weighted by Crippen LogP contribution is 2.13. The number of nitrogens with one attached hydrogen (secondary N) is 2. The van der Waals surface area contributed by atoms with Crippen LogP contribution in [0.15, 0.2) is 24.3 Å². The molecule has 0 saturated carbocycles. The first kappa shape index (κ1) is 13.1. The molecular formula is C14H18N4O2. The van der Waals surface area contributed by atoms with E-state index in [-0.39, 0.29) is 5.91 Å². The van der Waals surface area contributed by atoms with Crippen molar-refractivity contribution >= 4 is 16.9 Å². The molecule has 2 aromatic rings. The Hall–Kier alpha value is -1.92. The molecule has 0 unspecified atom stereocenters. The third kappa shape index (κ3) is 2.52. The molecule has 1 fully saturated rings. The summed E-state index contributed by atoms with van der Waals surface area (Å²) in [4.78, 5) is 16.5. The van der Waals surface area contributed by atoms with E-state index < -0.39 is 6.10 Å². The molecule has 1 aliphatic heterocycles. The number of morpholine rings is 1. The molecule has 1 aromatic heterocycles. The molecule has 6 nitrogen and oxygen atoms in total. The fraction of sp³-hybridized carbons (Fsp3) is 0.429. The SMILES string of the molecule is Cn1c(CNC(=O)[C@H]2CNCCO2)nc2ccccc21. The fourth-order valence-corrected chi connectivity index (χ4v) is 2.37. The van der Waals surface area contributed by atoms with Crippen molar-refractivity contribution in [3.8, 4) is 0 Å². The normalized spacial score (nSPS) is 19.1. The summed E-state index contributed by atoms with van der Waals surface area (Å²) < 4.78 is 7.41. The number of aromatic nitrogens is 2. The van der Waals surface area contributed by atoms with E-state index in [0.717, 1.165) is 23.4 Å². The van der Waals surface area contributed by atoms with Gasteiger partial charge in [-0.2, -0.15) is 0 Å². The molecule has 106 valence electrons. The molecule has 1 aliphatic rings. The van der Waals surface area contributed by atoms with Crippen LogP contribution in [0.4, 0.5) is 0 Å². The van der Waals surface area contributed by atoms with Crippen LogP contribution >= 0.6 is 0 Å². The number of aryl methyl sites for hydroxylation is 1. The lowest BCUT2D eigenvalue weighted by Gasteiger charge is -2.22. The van der Waals surface area contributed by atoms with Crippen molar-refractivity contribution in [2.75, 3.05) is 19.7 Å². The Morgan fingerprint density at radius 1 is 1.55 bits per heavy atom. The van der Waals surface area contributed by atoms with Crippen molar-refractivity contribution in [1.29, 1.82) is 0 Å². The summed E-state index contributed by atoms with van der Waals surface area (Å²) in [5.74, 6) is 0.743. The monoisotopic (exact) mass is 274 g/mol. The summed E-state index contributed by atoms with van der Waals surface area (Å²) in [5.41, 5.74) is 2.00. The summed E-state index contributed by atoms with van der Waals surface area (Å²) in [6.45, 7) is 2.34. The van der Waals surface area contributed by atoms with Crippen molar-refractivity contribution in [2.45, 2.75) is 12.6 Å². The number of rotatable bonds is 3. The number of carbonyl (C=O) groups is 1. The van der Waals surface area contributed by atoms with E-state index in [1.165, 1.54) is 0 Å². The zero-order valence-corrected chi connectivity index (χ0v) is 11.4. The summed E-state index contributed by atoms with van der Waals surface area (Å²) >= 11 is 0. The van der Waals surface area contributed by atoms with Crippen LogP contribution in [0, 0.1) is 0 Å². The van der Waals surface area contributed by atoms with E-state index in [0.29, 0.717) is 19.7 Å². The molecule has 6 heteroatoms. The molecule has 0 aliphatic carbocycles. The van der Waals surface area contributed by atoms with Crippen LogP contribution in [-0.4, -0.2) is 41.3 Å². The Balaban J connectivity index is 1.67. The number of ether oxygens (including phenoxy) is 1. The third-order valence-corrected chi connectivity index (χ3v) is 3.52. The molecule has 3 rings (SSSR count). The number of benzene rings is 1. The molecule has 1 amide bonds. The zero-order chi connectivity index (χ0) is 13.9. The summed E-state index contributed by atoms with van der Waals surface area (Å²) in [5, 5.41) is 6.02. The summed E-state index contributed by atoms with van der Waals surface area (Å²) in [6.07, 6.45) is -0.404. The number of imidazole rings is 1. The topological polar surface area (TPSA) is 68.2 Å². The van der Waals surface area contributed by atoms with Gasteiger partial charge < -0.3 is 19.9 Å². The lowest BCUT2D eigenvalue weighted by atomic mass is 10.3. The minimum absolute atomic E-state index is 0.0933. The Kier molecular flexibility index (Phi) is 3.66. The highest BCUT2D eigenvalue weighted by Gasteiger charge is 2.21. The van der Waals surface area contributed by atoms with Crippen molar-refractivity contribution < 1.29 is 9.53 Å². The Bertz CT molecular complexity index is 617. The highest BCUT2D eigenvalue weighted by molar-refractivity contribution is 5.81.